The molecule has 0 radical (unpaired) electrons. The quantitative estimate of drug-likeness (QED) is 0.556. The van der Waals surface area contributed by atoms with Gasteiger partial charge in [0.25, 0.3) is 0 Å². The lowest BCUT2D eigenvalue weighted by molar-refractivity contribution is -0.116. The number of thioether (sulfide) groups is 1. The Bertz CT molecular complexity index is 1010. The molecule has 0 unspecified atom stereocenters. The molecule has 3 rings (SSSR count). The zero-order chi connectivity index (χ0) is 20.8. The number of nitrogens with one attached hydrogen (secondary N) is 2. The van der Waals surface area contributed by atoms with Crippen LogP contribution in [0.25, 0.3) is 0 Å². The Hall–Kier alpha value is -2.91. The summed E-state index contributed by atoms with van der Waals surface area (Å²) in [6.07, 6.45) is 0.0362. The van der Waals surface area contributed by atoms with Crippen molar-refractivity contribution in [2.24, 2.45) is 7.05 Å². The maximum atomic E-state index is 12.9. The summed E-state index contributed by atoms with van der Waals surface area (Å²) in [6, 6.07) is 12.3. The van der Waals surface area contributed by atoms with Crippen LogP contribution in [0.3, 0.4) is 0 Å². The minimum absolute atomic E-state index is 0.0362. The molecule has 0 saturated carbocycles. The third-order valence-corrected chi connectivity index (χ3v) is 5.10. The summed E-state index contributed by atoms with van der Waals surface area (Å²) in [4.78, 5) is 24.2. The fourth-order valence-corrected chi connectivity index (χ4v) is 3.22. The molecule has 29 heavy (non-hydrogen) atoms. The predicted octanol–water partition coefficient (Wildman–Crippen LogP) is 3.52. The minimum Gasteiger partial charge on any atom is -0.326 e. The highest BCUT2D eigenvalue weighted by Crippen LogP contribution is 2.18. The number of hydrogen-bond acceptors (Lipinski definition) is 5. The maximum Gasteiger partial charge on any atom is 0.234 e. The molecule has 2 N–H and O–H groups in total. The lowest BCUT2D eigenvalue weighted by atomic mass is 10.3. The Kier molecular flexibility index (Phi) is 6.84. The third kappa shape index (κ3) is 6.03. The van der Waals surface area contributed by atoms with Crippen LogP contribution in [0.1, 0.15) is 5.82 Å². The first-order valence-corrected chi connectivity index (χ1v) is 9.89. The molecule has 0 aliphatic heterocycles. The van der Waals surface area contributed by atoms with Gasteiger partial charge in [-0.25, -0.2) is 4.39 Å². The third-order valence-electron chi connectivity index (χ3n) is 3.83. The number of carbonyl (C=O) groups excluding carboxylic acids is 2. The largest absolute Gasteiger partial charge is 0.326 e. The van der Waals surface area contributed by atoms with Crippen molar-refractivity contribution in [3.63, 3.8) is 0 Å². The summed E-state index contributed by atoms with van der Waals surface area (Å²) in [7, 11) is 1.73. The Labute approximate surface area is 175 Å². The van der Waals surface area contributed by atoms with E-state index in [1.165, 1.54) is 36.0 Å². The number of nitrogens with zero attached hydrogens (tertiary/aromatic N) is 3. The van der Waals surface area contributed by atoms with Gasteiger partial charge in [-0.2, -0.15) is 0 Å². The molecule has 0 fully saturated rings. The van der Waals surface area contributed by atoms with E-state index in [1.54, 1.807) is 35.9 Å². The van der Waals surface area contributed by atoms with Crippen LogP contribution in [0.15, 0.2) is 53.7 Å². The van der Waals surface area contributed by atoms with Crippen LogP contribution in [0, 0.1) is 5.82 Å². The van der Waals surface area contributed by atoms with E-state index in [1.807, 2.05) is 0 Å². The van der Waals surface area contributed by atoms with Crippen LogP contribution in [-0.2, 0) is 23.1 Å². The SMILES string of the molecule is Cn1c(CC(=O)Nc2ccc(Cl)cc2)nnc1SCC(=O)Nc1ccc(F)cc1. The molecule has 0 aliphatic carbocycles. The van der Waals surface area contributed by atoms with Crippen LogP contribution >= 0.6 is 23.4 Å². The van der Waals surface area contributed by atoms with Gasteiger partial charge in [-0.15, -0.1) is 10.2 Å². The number of amides is 2. The second-order valence-electron chi connectivity index (χ2n) is 6.03. The number of halogens is 2. The Morgan fingerprint density at radius 3 is 2.24 bits per heavy atom. The standard InChI is InChI=1S/C19H17ClFN5O2S/c1-26-16(10-17(27)22-14-6-2-12(20)3-7-14)24-25-19(26)29-11-18(28)23-15-8-4-13(21)5-9-15/h2-9H,10-11H2,1H3,(H,22,27)(H,23,28). The molecular formula is C19H17ClFN5O2S. The molecule has 10 heteroatoms. The van der Waals surface area contributed by atoms with Crippen molar-refractivity contribution in [2.75, 3.05) is 16.4 Å². The lowest BCUT2D eigenvalue weighted by Gasteiger charge is -2.06. The fourth-order valence-electron chi connectivity index (χ4n) is 2.37. The molecule has 1 aromatic heterocycles. The van der Waals surface area contributed by atoms with Gasteiger partial charge in [0.05, 0.1) is 12.2 Å². The zero-order valence-electron chi connectivity index (χ0n) is 15.4. The van der Waals surface area contributed by atoms with Gasteiger partial charge < -0.3 is 15.2 Å². The highest BCUT2D eigenvalue weighted by molar-refractivity contribution is 7.99. The Balaban J connectivity index is 1.51. The number of benzene rings is 2. The molecule has 2 amide bonds. The first-order chi connectivity index (χ1) is 13.9. The van der Waals surface area contributed by atoms with E-state index in [-0.39, 0.29) is 29.8 Å². The van der Waals surface area contributed by atoms with Gasteiger partial charge in [0.2, 0.25) is 11.8 Å². The summed E-state index contributed by atoms with van der Waals surface area (Å²) < 4.78 is 14.6. The molecular weight excluding hydrogens is 417 g/mol. The van der Waals surface area contributed by atoms with E-state index in [2.05, 4.69) is 20.8 Å². The van der Waals surface area contributed by atoms with Gasteiger partial charge in [0, 0.05) is 23.4 Å². The van der Waals surface area contributed by atoms with E-state index in [4.69, 9.17) is 11.6 Å². The number of hydrogen-bond donors (Lipinski definition) is 2. The van der Waals surface area contributed by atoms with Gasteiger partial charge in [-0.3, -0.25) is 9.59 Å². The summed E-state index contributed by atoms with van der Waals surface area (Å²) in [5.74, 6) is -0.303. The van der Waals surface area contributed by atoms with Crippen molar-refractivity contribution in [1.29, 1.82) is 0 Å². The molecule has 1 heterocycles. The number of carbonyl (C=O) groups is 2. The molecule has 0 bridgehead atoms. The number of anilines is 2. The molecule has 0 aliphatic rings. The molecule has 2 aromatic carbocycles. The average molecular weight is 434 g/mol. The van der Waals surface area contributed by atoms with E-state index in [9.17, 15) is 14.0 Å². The number of aromatic nitrogens is 3. The summed E-state index contributed by atoms with van der Waals surface area (Å²) >= 11 is 7.01. The highest BCUT2D eigenvalue weighted by atomic mass is 35.5. The van der Waals surface area contributed by atoms with Crippen molar-refractivity contribution in [2.45, 2.75) is 11.6 Å². The van der Waals surface area contributed by atoms with E-state index < -0.39 is 0 Å². The summed E-state index contributed by atoms with van der Waals surface area (Å²) in [6.45, 7) is 0. The van der Waals surface area contributed by atoms with Crippen LogP contribution in [-0.4, -0.2) is 32.3 Å². The van der Waals surface area contributed by atoms with Crippen molar-refractivity contribution in [1.82, 2.24) is 14.8 Å². The fraction of sp³-hybridized carbons (Fsp3) is 0.158. The first kappa shape index (κ1) is 20.8. The highest BCUT2D eigenvalue weighted by Gasteiger charge is 2.14. The normalized spacial score (nSPS) is 10.6. The van der Waals surface area contributed by atoms with Crippen LogP contribution in [0.5, 0.6) is 0 Å². The molecule has 0 saturated heterocycles. The maximum absolute atomic E-state index is 12.9. The van der Waals surface area contributed by atoms with Gasteiger partial charge in [-0.1, -0.05) is 23.4 Å². The van der Waals surface area contributed by atoms with Crippen LogP contribution in [0.4, 0.5) is 15.8 Å². The van der Waals surface area contributed by atoms with E-state index in [0.717, 1.165) is 0 Å². The second-order valence-corrected chi connectivity index (χ2v) is 7.41. The van der Waals surface area contributed by atoms with E-state index >= 15 is 0 Å². The summed E-state index contributed by atoms with van der Waals surface area (Å²) in [5.41, 5.74) is 1.14. The Morgan fingerprint density at radius 2 is 1.59 bits per heavy atom. The first-order valence-electron chi connectivity index (χ1n) is 8.52. The topological polar surface area (TPSA) is 88.9 Å². The molecule has 150 valence electrons. The molecule has 3 aromatic rings. The van der Waals surface area contributed by atoms with Crippen molar-refractivity contribution in [3.8, 4) is 0 Å². The van der Waals surface area contributed by atoms with Gasteiger partial charge in [0.1, 0.15) is 11.6 Å². The molecule has 0 spiro atoms. The zero-order valence-corrected chi connectivity index (χ0v) is 16.9. The lowest BCUT2D eigenvalue weighted by Crippen LogP contribution is -2.17. The monoisotopic (exact) mass is 433 g/mol. The van der Waals surface area contributed by atoms with Gasteiger partial charge >= 0.3 is 0 Å². The van der Waals surface area contributed by atoms with Crippen LogP contribution in [0.2, 0.25) is 5.02 Å². The van der Waals surface area contributed by atoms with E-state index in [0.29, 0.717) is 27.4 Å². The van der Waals surface area contributed by atoms with Crippen LogP contribution < -0.4 is 10.6 Å². The predicted molar refractivity (Wildman–Crippen MR) is 111 cm³/mol. The van der Waals surface area contributed by atoms with Gasteiger partial charge in [-0.05, 0) is 48.5 Å². The average Bonchev–Trinajstić information content (AvgIpc) is 3.03. The van der Waals surface area contributed by atoms with Crippen molar-refractivity contribution in [3.05, 3.63) is 65.2 Å². The summed E-state index contributed by atoms with van der Waals surface area (Å²) in [5, 5.41) is 14.6. The smallest absolute Gasteiger partial charge is 0.234 e. The minimum atomic E-state index is -0.371. The van der Waals surface area contributed by atoms with Crippen molar-refractivity contribution >= 4 is 46.6 Å². The molecule has 7 nitrogen and oxygen atoms in total. The molecule has 0 atom stereocenters. The second kappa shape index (κ2) is 9.53. The number of rotatable bonds is 7. The van der Waals surface area contributed by atoms with Crippen molar-refractivity contribution < 1.29 is 14.0 Å². The van der Waals surface area contributed by atoms with Gasteiger partial charge in [0.15, 0.2) is 5.16 Å². The Morgan fingerprint density at radius 1 is 1.00 bits per heavy atom.